The van der Waals surface area contributed by atoms with Gasteiger partial charge < -0.3 is 64.5 Å². The second-order valence-corrected chi connectivity index (χ2v) is 23.2. The van der Waals surface area contributed by atoms with Crippen molar-refractivity contribution in [1.82, 2.24) is 15.5 Å². The Bertz CT molecular complexity index is 2800. The Kier molecular flexibility index (Phi) is 24.0. The molecule has 2 fully saturated rings. The number of urea groups is 1. The van der Waals surface area contributed by atoms with E-state index in [1.807, 2.05) is 26.8 Å². The van der Waals surface area contributed by atoms with Crippen LogP contribution in [-0.4, -0.2) is 153 Å². The number of likely N-dealkylation sites (N-methyl/N-ethyl adjacent to an activating group) is 1. The van der Waals surface area contributed by atoms with Gasteiger partial charge in [0.1, 0.15) is 63.6 Å². The Labute approximate surface area is 491 Å². The number of methoxy groups -OCH3 is 3. The molecule has 4 bridgehead atoms. The van der Waals surface area contributed by atoms with Gasteiger partial charge in [-0.2, -0.15) is 0 Å². The molecule has 456 valence electrons. The van der Waals surface area contributed by atoms with Gasteiger partial charge in [0, 0.05) is 71.7 Å². The van der Waals surface area contributed by atoms with Crippen LogP contribution >= 0.6 is 11.6 Å². The number of rotatable bonds is 24. The van der Waals surface area contributed by atoms with Crippen LogP contribution < -0.4 is 30.7 Å². The lowest BCUT2D eigenvalue weighted by Gasteiger charge is -2.41. The number of carbonyl (C=O) groups excluding carboxylic acids is 9. The largest absolute Gasteiger partial charge is 0.496 e. The standard InChI is InChI=1S/C61H84ClN5O16/c1-34(2)43(30-41(69)19-14-13-18-36(4)68)56(73)65-44(20-16-24-64-59(63)76)46(70)27-39-22-23-42(47(28-39)78-10)57(74)66(8)38(6)58(75)82-51-31-52(71)67(9)45-26-40(29-48(79-11)54(45)62)25-35(3)17-15-21-50(80-12)61(77)32-49(81-53(72)33-61)37(5)55-60(51,7)83-55/h15,17,21-23,26,28-29,34,37-38,43-44,49-51,55,77H,13-14,16,18-20,24-25,27,30-33H2,1-12H3,(H,65,73)(H3,63,64,76)/b21-15+,35-17+/t37-,38+,43+,44+,49+,50-,51+,55+,60+,61-/m1/s1. The number of unbranched alkanes of at least 4 members (excludes halogenated alkanes) is 1. The summed E-state index contributed by atoms with van der Waals surface area (Å²) in [7, 11) is 7.17. The van der Waals surface area contributed by atoms with E-state index in [1.54, 1.807) is 44.2 Å². The monoisotopic (exact) mass is 1180 g/mol. The van der Waals surface area contributed by atoms with Crippen molar-refractivity contribution in [2.45, 2.75) is 173 Å². The molecule has 2 saturated heterocycles. The van der Waals surface area contributed by atoms with Crippen molar-refractivity contribution in [1.29, 1.82) is 0 Å². The molecule has 22 heteroatoms. The van der Waals surface area contributed by atoms with Gasteiger partial charge in [-0.15, -0.1) is 0 Å². The summed E-state index contributed by atoms with van der Waals surface area (Å²) in [5.74, 6) is -4.90. The number of ether oxygens (including phenoxy) is 6. The van der Waals surface area contributed by atoms with Crippen molar-refractivity contribution < 1.29 is 76.7 Å². The summed E-state index contributed by atoms with van der Waals surface area (Å²) in [5.41, 5.74) is 4.67. The first-order valence-corrected chi connectivity index (χ1v) is 28.6. The molecule has 2 aromatic rings. The summed E-state index contributed by atoms with van der Waals surface area (Å²) < 4.78 is 35.5. The third-order valence-electron chi connectivity index (χ3n) is 16.1. The van der Waals surface area contributed by atoms with Gasteiger partial charge in [-0.05, 0) is 101 Å². The van der Waals surface area contributed by atoms with Crippen LogP contribution in [0.1, 0.15) is 134 Å². The molecule has 3 aliphatic rings. The number of nitrogens with one attached hydrogen (secondary N) is 2. The summed E-state index contributed by atoms with van der Waals surface area (Å²) >= 11 is 6.86. The summed E-state index contributed by atoms with van der Waals surface area (Å²) in [6.07, 6.45) is 2.88. The number of primary amides is 1. The molecule has 5 rings (SSSR count). The average Bonchev–Trinajstić information content (AvgIpc) is 1.89. The number of nitrogens with two attached hydrogens (primary N) is 1. The van der Waals surface area contributed by atoms with Crippen molar-refractivity contribution in [3.8, 4) is 11.5 Å². The van der Waals surface area contributed by atoms with E-state index in [1.165, 1.54) is 66.3 Å². The van der Waals surface area contributed by atoms with Gasteiger partial charge in [-0.1, -0.05) is 62.2 Å². The number of fused-ring (bicyclic) bond motifs is 5. The number of benzene rings is 2. The highest BCUT2D eigenvalue weighted by Gasteiger charge is 2.64. The number of carbonyl (C=O) groups is 9. The van der Waals surface area contributed by atoms with Crippen molar-refractivity contribution in [3.63, 3.8) is 0 Å². The molecule has 5 amide bonds. The first-order valence-electron chi connectivity index (χ1n) is 28.2. The Hall–Kier alpha value is -6.68. The molecule has 0 aliphatic carbocycles. The highest BCUT2D eigenvalue weighted by Crippen LogP contribution is 2.50. The second kappa shape index (κ2) is 29.7. The molecular weight excluding hydrogens is 1090 g/mol. The third kappa shape index (κ3) is 17.7. The quantitative estimate of drug-likeness (QED) is 0.0495. The zero-order valence-corrected chi connectivity index (χ0v) is 50.7. The fourth-order valence-electron chi connectivity index (χ4n) is 10.8. The summed E-state index contributed by atoms with van der Waals surface area (Å²) in [5, 5.41) is 17.5. The molecule has 0 aromatic heterocycles. The number of Topliss-reactive ketones (excluding diaryl/α,β-unsaturated/α-hetero) is 3. The minimum Gasteiger partial charge on any atom is -0.496 e. The van der Waals surface area contributed by atoms with E-state index >= 15 is 0 Å². The van der Waals surface area contributed by atoms with Gasteiger partial charge >= 0.3 is 18.0 Å². The normalized spacial score (nSPS) is 24.8. The number of esters is 2. The van der Waals surface area contributed by atoms with Crippen LogP contribution in [0.4, 0.5) is 10.5 Å². The van der Waals surface area contributed by atoms with Crippen molar-refractivity contribution in [3.05, 3.63) is 75.8 Å². The Morgan fingerprint density at radius 1 is 0.988 bits per heavy atom. The summed E-state index contributed by atoms with van der Waals surface area (Å²) in [6.45, 7) is 12.1. The molecule has 0 spiro atoms. The number of aliphatic hydroxyl groups is 1. The zero-order valence-electron chi connectivity index (χ0n) is 49.9. The SMILES string of the molecule is COc1cc(CC(=O)[C@H](CCCNC(N)=O)NC(=O)[C@@H](CC(=O)CCCCC(C)=O)C(C)C)ccc1C(=O)N(C)[C@@H](C)C(=O)O[C@H]1CC(=O)N(C)c2cc(cc(OC)c2Cl)C/C(C)=C/C=C/[C@@H](OC)[C@]2(O)CC(=O)O[C@@H](C2)[C@@H](C)[C@@H]2O[C@@]12C. The number of nitrogens with zero attached hydrogens (tertiary/aromatic N) is 2. The third-order valence-corrected chi connectivity index (χ3v) is 16.5. The fourth-order valence-corrected chi connectivity index (χ4v) is 11.1. The molecular formula is C61H84ClN5O16. The topological polar surface area (TPSA) is 289 Å². The van der Waals surface area contributed by atoms with Gasteiger partial charge in [0.25, 0.3) is 5.91 Å². The highest BCUT2D eigenvalue weighted by atomic mass is 35.5. The van der Waals surface area contributed by atoms with E-state index in [-0.39, 0.29) is 85.3 Å². The van der Waals surface area contributed by atoms with E-state index < -0.39 is 107 Å². The highest BCUT2D eigenvalue weighted by molar-refractivity contribution is 6.35. The van der Waals surface area contributed by atoms with Gasteiger partial charge in [0.05, 0.1) is 50.5 Å². The van der Waals surface area contributed by atoms with Crippen LogP contribution in [0.5, 0.6) is 11.5 Å². The number of hydrogen-bond acceptors (Lipinski definition) is 16. The average molecular weight is 1180 g/mol. The van der Waals surface area contributed by atoms with E-state index in [9.17, 15) is 48.3 Å². The van der Waals surface area contributed by atoms with Gasteiger partial charge in [-0.25, -0.2) is 9.59 Å². The van der Waals surface area contributed by atoms with Crippen LogP contribution in [0.15, 0.2) is 54.1 Å². The van der Waals surface area contributed by atoms with E-state index in [0.29, 0.717) is 42.7 Å². The Morgan fingerprint density at radius 2 is 1.67 bits per heavy atom. The maximum Gasteiger partial charge on any atom is 0.328 e. The van der Waals surface area contributed by atoms with Crippen LogP contribution in [0.2, 0.25) is 5.02 Å². The number of anilines is 1. The van der Waals surface area contributed by atoms with Crippen LogP contribution in [0, 0.1) is 17.8 Å². The van der Waals surface area contributed by atoms with Gasteiger partial charge in [0.2, 0.25) is 11.8 Å². The fraction of sp³-hybridized carbons (Fsp3) is 0.590. The predicted octanol–water partition coefficient (Wildman–Crippen LogP) is 6.51. The Balaban J connectivity index is 1.38. The van der Waals surface area contributed by atoms with Crippen LogP contribution in [-0.2, 0) is 65.4 Å². The zero-order chi connectivity index (χ0) is 61.7. The minimum atomic E-state index is -1.66. The number of epoxide rings is 1. The molecule has 2 aromatic carbocycles. The molecule has 10 atom stereocenters. The molecule has 21 nitrogen and oxygen atoms in total. The maximum absolute atomic E-state index is 14.5. The van der Waals surface area contributed by atoms with Gasteiger partial charge in [-0.3, -0.25) is 28.8 Å². The lowest BCUT2D eigenvalue weighted by molar-refractivity contribution is -0.187. The van der Waals surface area contributed by atoms with Crippen molar-refractivity contribution >= 4 is 70.3 Å². The molecule has 0 saturated carbocycles. The van der Waals surface area contributed by atoms with Crippen LogP contribution in [0.25, 0.3) is 0 Å². The molecule has 83 heavy (non-hydrogen) atoms. The first kappa shape index (κ1) is 67.1. The van der Waals surface area contributed by atoms with E-state index in [0.717, 1.165) is 16.0 Å². The number of allylic oxidation sites excluding steroid dienone is 3. The number of hydrogen-bond donors (Lipinski definition) is 4. The van der Waals surface area contributed by atoms with Gasteiger partial charge in [0.15, 0.2) is 5.78 Å². The Morgan fingerprint density at radius 3 is 2.31 bits per heavy atom. The summed E-state index contributed by atoms with van der Waals surface area (Å²) in [4.78, 5) is 123. The summed E-state index contributed by atoms with van der Waals surface area (Å²) in [6, 6.07) is 4.96. The molecule has 5 N–H and O–H groups in total. The first-order chi connectivity index (χ1) is 39.1. The molecule has 3 heterocycles. The second-order valence-electron chi connectivity index (χ2n) is 22.8. The van der Waals surface area contributed by atoms with E-state index in [4.69, 9.17) is 45.8 Å². The van der Waals surface area contributed by atoms with Crippen LogP contribution in [0.3, 0.4) is 0 Å². The maximum atomic E-state index is 14.5. The molecule has 0 radical (unpaired) electrons. The van der Waals surface area contributed by atoms with Crippen molar-refractivity contribution in [2.24, 2.45) is 23.5 Å². The molecule has 0 unspecified atom stereocenters. The molecule has 3 aliphatic heterocycles. The minimum absolute atomic E-state index is 0.0197. The van der Waals surface area contributed by atoms with Crippen molar-refractivity contribution in [2.75, 3.05) is 46.9 Å². The van der Waals surface area contributed by atoms with E-state index in [2.05, 4.69) is 10.6 Å². The lowest BCUT2D eigenvalue weighted by Crippen LogP contribution is -2.53. The lowest BCUT2D eigenvalue weighted by atomic mass is 9.78. The smallest absolute Gasteiger partial charge is 0.328 e. The number of amides is 5. The predicted molar refractivity (Wildman–Crippen MR) is 309 cm³/mol. The number of halogens is 1. The number of ketones is 3.